The quantitative estimate of drug-likeness (QED) is 0.489. The molecule has 0 aromatic rings. The predicted molar refractivity (Wildman–Crippen MR) is 44.2 cm³/mol. The van der Waals surface area contributed by atoms with Crippen LogP contribution in [-0.4, -0.2) is 11.1 Å². The molecule has 0 aliphatic carbocycles. The summed E-state index contributed by atoms with van der Waals surface area (Å²) in [4.78, 5) is 10.3. The zero-order valence-electron chi connectivity index (χ0n) is 6.16. The highest BCUT2D eigenvalue weighted by Gasteiger charge is 2.07. The Bertz CT molecular complexity index is 150. The molecule has 1 N–H and O–H groups in total. The molecule has 10 heavy (non-hydrogen) atoms. The van der Waals surface area contributed by atoms with Crippen molar-refractivity contribution >= 4 is 18.6 Å². The Balaban J connectivity index is 3.99. The molecule has 3 heteroatoms. The second-order valence-electron chi connectivity index (χ2n) is 2.56. The minimum atomic E-state index is -0.872. The molecule has 2 nitrogen and oxygen atoms in total. The molecular weight excluding hydrogens is 148 g/mol. The summed E-state index contributed by atoms with van der Waals surface area (Å²) in [5, 5.41) is 9.85. The number of carboxylic acid groups (broad SMARTS) is 1. The Labute approximate surface area is 66.4 Å². The summed E-state index contributed by atoms with van der Waals surface area (Å²) in [5.74, 6) is -0.502. The molecule has 0 heterocycles. The van der Waals surface area contributed by atoms with Crippen LogP contribution >= 0.6 is 12.6 Å². The van der Waals surface area contributed by atoms with Crippen molar-refractivity contribution in [1.82, 2.24) is 0 Å². The maximum Gasteiger partial charge on any atom is 0.332 e. The highest BCUT2D eigenvalue weighted by molar-refractivity contribution is 7.83. The third kappa shape index (κ3) is 3.56. The monoisotopic (exact) mass is 160 g/mol. The maximum atomic E-state index is 10.3. The van der Waals surface area contributed by atoms with Gasteiger partial charge in [0.1, 0.15) is 0 Å². The van der Waals surface area contributed by atoms with Crippen LogP contribution in [0.4, 0.5) is 0 Å². The molecule has 0 spiro atoms. The first-order valence-corrected chi connectivity index (χ1v) is 3.66. The first kappa shape index (κ1) is 9.56. The van der Waals surface area contributed by atoms with Gasteiger partial charge in [-0.15, -0.1) is 0 Å². The van der Waals surface area contributed by atoms with Crippen molar-refractivity contribution < 1.29 is 9.90 Å². The standard InChI is InChI=1S/C7H12O2S/c1-5(2)3-6(4-10)7(8)9/h4-5,10H,3H2,1-2H3,(H,8,9)/b6-4-. The van der Waals surface area contributed by atoms with E-state index in [2.05, 4.69) is 12.6 Å². The van der Waals surface area contributed by atoms with Crippen LogP contribution in [0, 0.1) is 5.92 Å². The smallest absolute Gasteiger partial charge is 0.332 e. The van der Waals surface area contributed by atoms with E-state index in [1.165, 1.54) is 5.41 Å². The van der Waals surface area contributed by atoms with Gasteiger partial charge >= 0.3 is 5.97 Å². The number of thiol groups is 1. The predicted octanol–water partition coefficient (Wildman–Crippen LogP) is 1.93. The van der Waals surface area contributed by atoms with Crippen LogP contribution in [0.25, 0.3) is 0 Å². The number of hydrogen-bond acceptors (Lipinski definition) is 2. The second kappa shape index (κ2) is 4.39. The van der Waals surface area contributed by atoms with E-state index in [-0.39, 0.29) is 0 Å². The van der Waals surface area contributed by atoms with Gasteiger partial charge in [0.05, 0.1) is 0 Å². The zero-order valence-corrected chi connectivity index (χ0v) is 7.06. The van der Waals surface area contributed by atoms with E-state index >= 15 is 0 Å². The molecule has 0 bridgehead atoms. The fraction of sp³-hybridized carbons (Fsp3) is 0.571. The molecule has 0 radical (unpaired) electrons. The first-order valence-electron chi connectivity index (χ1n) is 3.14. The molecule has 0 fully saturated rings. The molecular formula is C7H12O2S. The number of carboxylic acids is 1. The average Bonchev–Trinajstić information content (AvgIpc) is 1.81. The molecule has 0 aliphatic rings. The lowest BCUT2D eigenvalue weighted by molar-refractivity contribution is -0.132. The third-order valence-electron chi connectivity index (χ3n) is 1.06. The summed E-state index contributed by atoms with van der Waals surface area (Å²) in [6, 6.07) is 0. The van der Waals surface area contributed by atoms with Crippen LogP contribution < -0.4 is 0 Å². The van der Waals surface area contributed by atoms with Crippen LogP contribution in [0.2, 0.25) is 0 Å². The van der Waals surface area contributed by atoms with E-state index in [1.807, 2.05) is 13.8 Å². The van der Waals surface area contributed by atoms with Gasteiger partial charge in [-0.3, -0.25) is 0 Å². The van der Waals surface area contributed by atoms with Crippen molar-refractivity contribution in [3.8, 4) is 0 Å². The molecule has 0 rings (SSSR count). The van der Waals surface area contributed by atoms with E-state index in [9.17, 15) is 4.79 Å². The topological polar surface area (TPSA) is 37.3 Å². The van der Waals surface area contributed by atoms with E-state index in [0.29, 0.717) is 17.9 Å². The molecule has 0 aliphatic heterocycles. The second-order valence-corrected chi connectivity index (χ2v) is 2.82. The van der Waals surface area contributed by atoms with Crippen LogP contribution in [-0.2, 0) is 4.79 Å². The molecule has 0 aromatic carbocycles. The van der Waals surface area contributed by atoms with E-state index < -0.39 is 5.97 Å². The van der Waals surface area contributed by atoms with Crippen LogP contribution in [0.5, 0.6) is 0 Å². The summed E-state index contributed by atoms with van der Waals surface area (Å²) >= 11 is 3.79. The lowest BCUT2D eigenvalue weighted by Gasteiger charge is -2.02. The van der Waals surface area contributed by atoms with Gasteiger partial charge in [0.25, 0.3) is 0 Å². The van der Waals surface area contributed by atoms with Crippen molar-refractivity contribution in [1.29, 1.82) is 0 Å². The molecule has 58 valence electrons. The molecule has 0 atom stereocenters. The van der Waals surface area contributed by atoms with Gasteiger partial charge in [0.2, 0.25) is 0 Å². The Morgan fingerprint density at radius 3 is 2.30 bits per heavy atom. The number of hydrogen-bond donors (Lipinski definition) is 2. The summed E-state index contributed by atoms with van der Waals surface area (Å²) in [6.45, 7) is 3.94. The molecule has 0 aromatic heterocycles. The van der Waals surface area contributed by atoms with E-state index in [0.717, 1.165) is 0 Å². The molecule has 0 amide bonds. The van der Waals surface area contributed by atoms with Crippen LogP contribution in [0.15, 0.2) is 11.0 Å². The normalized spacial score (nSPS) is 12.2. The van der Waals surface area contributed by atoms with Gasteiger partial charge in [0.15, 0.2) is 0 Å². The van der Waals surface area contributed by atoms with Gasteiger partial charge in [-0.25, -0.2) is 4.79 Å². The van der Waals surface area contributed by atoms with Crippen molar-refractivity contribution in [3.05, 3.63) is 11.0 Å². The Morgan fingerprint density at radius 2 is 2.20 bits per heavy atom. The first-order chi connectivity index (χ1) is 4.57. The molecule has 0 unspecified atom stereocenters. The Hall–Kier alpha value is -0.440. The SMILES string of the molecule is CC(C)C/C(=C/S)C(=O)O. The minimum absolute atomic E-state index is 0.370. The Kier molecular flexibility index (Phi) is 4.19. The third-order valence-corrected chi connectivity index (χ3v) is 1.37. The Morgan fingerprint density at radius 1 is 1.70 bits per heavy atom. The van der Waals surface area contributed by atoms with E-state index in [4.69, 9.17) is 5.11 Å². The van der Waals surface area contributed by atoms with Crippen LogP contribution in [0.1, 0.15) is 20.3 Å². The number of rotatable bonds is 3. The highest BCUT2D eigenvalue weighted by Crippen LogP contribution is 2.11. The maximum absolute atomic E-state index is 10.3. The minimum Gasteiger partial charge on any atom is -0.478 e. The van der Waals surface area contributed by atoms with Gasteiger partial charge in [-0.1, -0.05) is 13.8 Å². The van der Waals surface area contributed by atoms with Crippen molar-refractivity contribution in [2.24, 2.45) is 5.92 Å². The van der Waals surface area contributed by atoms with Gasteiger partial charge < -0.3 is 5.11 Å². The van der Waals surface area contributed by atoms with E-state index in [1.54, 1.807) is 0 Å². The average molecular weight is 160 g/mol. The van der Waals surface area contributed by atoms with Gasteiger partial charge in [-0.2, -0.15) is 12.6 Å². The van der Waals surface area contributed by atoms with Crippen molar-refractivity contribution in [3.63, 3.8) is 0 Å². The zero-order chi connectivity index (χ0) is 8.15. The number of carbonyl (C=O) groups is 1. The summed E-state index contributed by atoms with van der Waals surface area (Å²) < 4.78 is 0. The van der Waals surface area contributed by atoms with Crippen molar-refractivity contribution in [2.45, 2.75) is 20.3 Å². The highest BCUT2D eigenvalue weighted by atomic mass is 32.1. The lowest BCUT2D eigenvalue weighted by atomic mass is 10.1. The number of aliphatic carboxylic acids is 1. The summed E-state index contributed by atoms with van der Waals surface area (Å²) in [7, 11) is 0. The fourth-order valence-electron chi connectivity index (χ4n) is 0.635. The van der Waals surface area contributed by atoms with Crippen molar-refractivity contribution in [2.75, 3.05) is 0 Å². The van der Waals surface area contributed by atoms with Gasteiger partial charge in [0, 0.05) is 5.57 Å². The largest absolute Gasteiger partial charge is 0.478 e. The summed E-state index contributed by atoms with van der Waals surface area (Å²) in [6.07, 6.45) is 0.582. The lowest BCUT2D eigenvalue weighted by Crippen LogP contribution is -2.02. The van der Waals surface area contributed by atoms with Crippen LogP contribution in [0.3, 0.4) is 0 Å². The summed E-state index contributed by atoms with van der Waals surface area (Å²) in [5.41, 5.74) is 0.373. The molecule has 0 saturated carbocycles. The molecule has 0 saturated heterocycles. The van der Waals surface area contributed by atoms with Gasteiger partial charge in [-0.05, 0) is 17.7 Å². The fourth-order valence-corrected chi connectivity index (χ4v) is 0.851.